The highest BCUT2D eigenvalue weighted by Gasteiger charge is 2.26. The van der Waals surface area contributed by atoms with Gasteiger partial charge in [0, 0.05) is 69.4 Å². The summed E-state index contributed by atoms with van der Waals surface area (Å²) in [6.45, 7) is 3.87. The van der Waals surface area contributed by atoms with Gasteiger partial charge in [-0.25, -0.2) is 29.9 Å². The van der Waals surface area contributed by atoms with E-state index in [-0.39, 0.29) is 23.3 Å². The molecule has 8 rings (SSSR count). The average Bonchev–Trinajstić information content (AvgIpc) is 3.66. The van der Waals surface area contributed by atoms with Crippen molar-refractivity contribution >= 4 is 27.8 Å². The minimum Gasteiger partial charge on any atom is -0.372 e. The zero-order valence-corrected chi connectivity index (χ0v) is 33.1. The molecule has 0 bridgehead atoms. The summed E-state index contributed by atoms with van der Waals surface area (Å²) in [6, 6.07) is 24.2. The fourth-order valence-electron chi connectivity index (χ4n) is 6.70. The molecule has 2 aromatic carbocycles. The van der Waals surface area contributed by atoms with Crippen molar-refractivity contribution < 1.29 is 9.47 Å². The molecule has 0 unspecified atom stereocenters. The van der Waals surface area contributed by atoms with Crippen LogP contribution in [0.3, 0.4) is 0 Å². The Labute approximate surface area is 337 Å². The van der Waals surface area contributed by atoms with Crippen LogP contribution in [0.1, 0.15) is 41.7 Å². The van der Waals surface area contributed by atoms with E-state index in [1.807, 2.05) is 30.3 Å². The lowest BCUT2D eigenvalue weighted by Gasteiger charge is -2.26. The van der Waals surface area contributed by atoms with Gasteiger partial charge >= 0.3 is 0 Å². The van der Waals surface area contributed by atoms with Crippen LogP contribution in [-0.4, -0.2) is 78.4 Å². The first-order valence-electron chi connectivity index (χ1n) is 18.4. The van der Waals surface area contributed by atoms with Crippen molar-refractivity contribution in [2.24, 2.45) is 14.1 Å². The van der Waals surface area contributed by atoms with Gasteiger partial charge in [-0.05, 0) is 60.4 Å². The summed E-state index contributed by atoms with van der Waals surface area (Å²) in [5.41, 5.74) is 4.64. The van der Waals surface area contributed by atoms with Gasteiger partial charge in [-0.15, -0.1) is 0 Å². The number of nitrogens with zero attached hydrogens (tertiary/aromatic N) is 11. The molecule has 2 aliphatic heterocycles. The van der Waals surface area contributed by atoms with Crippen LogP contribution in [0.25, 0.3) is 22.8 Å². The molecule has 0 aliphatic carbocycles. The largest absolute Gasteiger partial charge is 0.372 e. The smallest absolute Gasteiger partial charge is 0.255 e. The number of halogens is 1. The summed E-state index contributed by atoms with van der Waals surface area (Å²) in [6.07, 6.45) is 7.51. The molecule has 57 heavy (non-hydrogen) atoms. The molecule has 6 aromatic rings. The minimum absolute atomic E-state index is 0.0976. The van der Waals surface area contributed by atoms with Gasteiger partial charge in [-0.3, -0.25) is 18.7 Å². The van der Waals surface area contributed by atoms with Gasteiger partial charge in [-0.1, -0.05) is 40.2 Å². The average molecular weight is 831 g/mol. The molecular formula is C41H40BrN11O4. The van der Waals surface area contributed by atoms with Crippen molar-refractivity contribution in [3.63, 3.8) is 0 Å². The number of anilines is 2. The highest BCUT2D eigenvalue weighted by Crippen LogP contribution is 2.28. The van der Waals surface area contributed by atoms with E-state index >= 15 is 0 Å². The molecule has 2 aliphatic rings. The molecule has 0 spiro atoms. The molecule has 2 atom stereocenters. The number of aromatic nitrogens is 8. The van der Waals surface area contributed by atoms with E-state index in [0.29, 0.717) is 73.1 Å². The van der Waals surface area contributed by atoms with Gasteiger partial charge in [0.05, 0.1) is 47.5 Å². The molecular weight excluding hydrogens is 790 g/mol. The minimum atomic E-state index is -0.217. The molecule has 2 fully saturated rings. The Morgan fingerprint density at radius 1 is 0.684 bits per heavy atom. The van der Waals surface area contributed by atoms with Gasteiger partial charge in [-0.2, -0.15) is 5.26 Å². The highest BCUT2D eigenvalue weighted by atomic mass is 79.9. The molecule has 4 aromatic heterocycles. The molecule has 2 saturated heterocycles. The van der Waals surface area contributed by atoms with Crippen molar-refractivity contribution in [3.8, 4) is 28.8 Å². The second-order valence-corrected chi connectivity index (χ2v) is 14.4. The number of benzene rings is 2. The Morgan fingerprint density at radius 2 is 1.19 bits per heavy atom. The lowest BCUT2D eigenvalue weighted by molar-refractivity contribution is 0.0684. The van der Waals surface area contributed by atoms with Crippen LogP contribution >= 0.6 is 15.9 Å². The van der Waals surface area contributed by atoms with Gasteiger partial charge in [0.1, 0.15) is 24.9 Å². The van der Waals surface area contributed by atoms with Crippen LogP contribution in [-0.2, 0) is 23.6 Å². The second kappa shape index (κ2) is 18.2. The first-order valence-corrected chi connectivity index (χ1v) is 19.2. The summed E-state index contributed by atoms with van der Waals surface area (Å²) in [7, 11) is 3.46. The zero-order chi connectivity index (χ0) is 39.7. The van der Waals surface area contributed by atoms with Crippen LogP contribution in [0.2, 0.25) is 0 Å². The summed E-state index contributed by atoms with van der Waals surface area (Å²) in [5, 5.41) is 9.19. The third-order valence-electron chi connectivity index (χ3n) is 9.64. The summed E-state index contributed by atoms with van der Waals surface area (Å²) < 4.78 is 16.3. The van der Waals surface area contributed by atoms with Crippen molar-refractivity contribution in [1.29, 1.82) is 5.26 Å². The van der Waals surface area contributed by atoms with Gasteiger partial charge in [0.2, 0.25) is 11.9 Å². The Balaban J connectivity index is 0.000000174. The van der Waals surface area contributed by atoms with Crippen LogP contribution in [0, 0.1) is 11.3 Å². The molecule has 15 nitrogen and oxygen atoms in total. The third kappa shape index (κ3) is 9.46. The molecule has 0 radical (unpaired) electrons. The molecule has 6 heterocycles. The normalized spacial score (nSPS) is 17.1. The maximum Gasteiger partial charge on any atom is 0.255 e. The number of ether oxygens (including phenoxy) is 2. The molecule has 0 N–H and O–H groups in total. The summed E-state index contributed by atoms with van der Waals surface area (Å²) in [4.78, 5) is 55.1. The lowest BCUT2D eigenvalue weighted by Crippen LogP contribution is -2.34. The van der Waals surface area contributed by atoms with E-state index in [2.05, 4.69) is 63.9 Å². The van der Waals surface area contributed by atoms with Crippen LogP contribution < -0.4 is 20.9 Å². The van der Waals surface area contributed by atoms with E-state index in [1.54, 1.807) is 53.8 Å². The van der Waals surface area contributed by atoms with Crippen LogP contribution in [0.4, 0.5) is 11.9 Å². The molecule has 16 heteroatoms. The Hall–Kier alpha value is -6.15. The van der Waals surface area contributed by atoms with Crippen LogP contribution in [0.5, 0.6) is 0 Å². The lowest BCUT2D eigenvalue weighted by atomic mass is 10.1. The van der Waals surface area contributed by atoms with Crippen molar-refractivity contribution in [2.75, 3.05) is 49.2 Å². The summed E-state index contributed by atoms with van der Waals surface area (Å²) >= 11 is 3.53. The molecule has 290 valence electrons. The predicted molar refractivity (Wildman–Crippen MR) is 217 cm³/mol. The second-order valence-electron chi connectivity index (χ2n) is 13.5. The quantitative estimate of drug-likeness (QED) is 0.219. The van der Waals surface area contributed by atoms with Gasteiger partial charge < -0.3 is 19.3 Å². The Morgan fingerprint density at radius 3 is 1.67 bits per heavy atom. The van der Waals surface area contributed by atoms with Crippen molar-refractivity contribution in [1.82, 2.24) is 39.0 Å². The Bertz CT molecular complexity index is 2480. The van der Waals surface area contributed by atoms with Crippen molar-refractivity contribution in [3.05, 3.63) is 140 Å². The fraction of sp³-hybridized carbons (Fsp3) is 0.293. The van der Waals surface area contributed by atoms with E-state index in [4.69, 9.17) is 19.4 Å². The van der Waals surface area contributed by atoms with Gasteiger partial charge in [0.25, 0.3) is 11.1 Å². The number of hydrogen-bond donors (Lipinski definition) is 0. The fourth-order valence-corrected chi connectivity index (χ4v) is 7.12. The maximum absolute atomic E-state index is 12.6. The monoisotopic (exact) mass is 829 g/mol. The van der Waals surface area contributed by atoms with Crippen molar-refractivity contribution in [2.45, 2.75) is 25.0 Å². The predicted octanol–water partition coefficient (Wildman–Crippen LogP) is 5.04. The van der Waals surface area contributed by atoms with E-state index < -0.39 is 0 Å². The topological polar surface area (TPSA) is 170 Å². The standard InChI is InChI=1S/C21H20N6O2.C20H20BrN5O2/c1-26-20(28)11-18(17-6-7-23-14-24-17)25-21(26)27-8-3-9-29-19(13-27)16-5-2-4-15(10-16)12-22;1-25-19(27)11-17(16-6-7-22-13-23-16)24-20(25)26-8-3-9-28-18(12-26)14-4-2-5-15(21)10-14/h2,4-7,10-11,14,19H,3,8-9,13H2,1H3;2,4-7,10-11,13,18H,3,8-9,12H2,1H3/t19-;18-/m11/s1. The SMILES string of the molecule is Cn1c(N2CCCO[C@@H](c3cccc(Br)c3)C2)nc(-c2ccncn2)cc1=O.Cn1c(N2CCCO[C@@H](c3cccc(C#N)c3)C2)nc(-c2ccncn2)cc1=O. The molecule has 0 saturated carbocycles. The van der Waals surface area contributed by atoms with Gasteiger partial charge in [0.15, 0.2) is 0 Å². The van der Waals surface area contributed by atoms with E-state index in [0.717, 1.165) is 35.0 Å². The number of rotatable bonds is 6. The summed E-state index contributed by atoms with van der Waals surface area (Å²) in [5.74, 6) is 1.18. The number of hydrogen-bond acceptors (Lipinski definition) is 13. The first kappa shape index (κ1) is 39.1. The first-order chi connectivity index (χ1) is 27.8. The maximum atomic E-state index is 12.6. The Kier molecular flexibility index (Phi) is 12.5. The molecule has 0 amide bonds. The highest BCUT2D eigenvalue weighted by molar-refractivity contribution is 9.10. The third-order valence-corrected chi connectivity index (χ3v) is 10.1. The number of nitriles is 1. The van der Waals surface area contributed by atoms with E-state index in [1.165, 1.54) is 24.8 Å². The van der Waals surface area contributed by atoms with Crippen LogP contribution in [0.15, 0.2) is 112 Å². The van der Waals surface area contributed by atoms with E-state index in [9.17, 15) is 14.9 Å². The zero-order valence-electron chi connectivity index (χ0n) is 31.5.